The molecule has 28 heavy (non-hydrogen) atoms. The standard InChI is InChI=1S/C18H16Cl2F3N3O2/c19-14-7-13(18(21,22)23)9-25-16(14)26-5-3-12(4-6-26)17(27)28-10-11-1-2-15(20)24-8-11/h1-2,7-9,12H,3-6,10H2. The largest absolute Gasteiger partial charge is 0.461 e. The third-order valence-corrected chi connectivity index (χ3v) is 4.95. The van der Waals surface area contributed by atoms with E-state index in [0.29, 0.717) is 31.1 Å². The van der Waals surface area contributed by atoms with E-state index in [-0.39, 0.29) is 29.3 Å². The Bertz CT molecular complexity index is 839. The van der Waals surface area contributed by atoms with Gasteiger partial charge in [0.05, 0.1) is 16.5 Å². The summed E-state index contributed by atoms with van der Waals surface area (Å²) in [5, 5.41) is 0.295. The van der Waals surface area contributed by atoms with Crippen LogP contribution < -0.4 is 4.90 Å². The summed E-state index contributed by atoms with van der Waals surface area (Å²) in [6.07, 6.45) is -1.20. The van der Waals surface area contributed by atoms with Crippen LogP contribution in [0.3, 0.4) is 0 Å². The molecule has 1 aliphatic rings. The van der Waals surface area contributed by atoms with Gasteiger partial charge in [-0.3, -0.25) is 4.79 Å². The van der Waals surface area contributed by atoms with E-state index in [1.807, 2.05) is 0 Å². The molecule has 1 fully saturated rings. The summed E-state index contributed by atoms with van der Waals surface area (Å²) in [4.78, 5) is 21.8. The van der Waals surface area contributed by atoms with E-state index < -0.39 is 11.7 Å². The fraction of sp³-hybridized carbons (Fsp3) is 0.389. The first-order chi connectivity index (χ1) is 13.2. The van der Waals surface area contributed by atoms with Crippen molar-refractivity contribution in [2.75, 3.05) is 18.0 Å². The lowest BCUT2D eigenvalue weighted by Gasteiger charge is -2.32. The maximum atomic E-state index is 12.7. The summed E-state index contributed by atoms with van der Waals surface area (Å²) in [6, 6.07) is 4.21. The Morgan fingerprint density at radius 2 is 1.89 bits per heavy atom. The first-order valence-corrected chi connectivity index (χ1v) is 9.24. The van der Waals surface area contributed by atoms with Crippen LogP contribution in [-0.4, -0.2) is 29.0 Å². The van der Waals surface area contributed by atoms with Gasteiger partial charge in [-0.2, -0.15) is 13.2 Å². The molecular weight excluding hydrogens is 418 g/mol. The minimum atomic E-state index is -4.49. The maximum absolute atomic E-state index is 12.7. The first-order valence-electron chi connectivity index (χ1n) is 8.49. The lowest BCUT2D eigenvalue weighted by molar-refractivity contribution is -0.150. The molecule has 1 aliphatic heterocycles. The van der Waals surface area contributed by atoms with Crippen LogP contribution in [0.25, 0.3) is 0 Å². The number of hydrogen-bond donors (Lipinski definition) is 0. The quantitative estimate of drug-likeness (QED) is 0.513. The Morgan fingerprint density at radius 1 is 1.18 bits per heavy atom. The molecule has 0 aliphatic carbocycles. The van der Waals surface area contributed by atoms with Crippen molar-refractivity contribution >= 4 is 35.0 Å². The molecule has 150 valence electrons. The molecule has 3 heterocycles. The highest BCUT2D eigenvalue weighted by Crippen LogP contribution is 2.34. The van der Waals surface area contributed by atoms with Crippen molar-refractivity contribution in [3.8, 4) is 0 Å². The molecule has 0 atom stereocenters. The number of halogens is 5. The smallest absolute Gasteiger partial charge is 0.417 e. The van der Waals surface area contributed by atoms with Gasteiger partial charge in [0.15, 0.2) is 0 Å². The number of esters is 1. The number of aromatic nitrogens is 2. The van der Waals surface area contributed by atoms with Gasteiger partial charge in [-0.15, -0.1) is 0 Å². The second kappa shape index (κ2) is 8.53. The average Bonchev–Trinajstić information content (AvgIpc) is 2.67. The Balaban J connectivity index is 1.54. The summed E-state index contributed by atoms with van der Waals surface area (Å²) < 4.78 is 43.5. The van der Waals surface area contributed by atoms with E-state index in [9.17, 15) is 18.0 Å². The van der Waals surface area contributed by atoms with E-state index in [1.54, 1.807) is 17.0 Å². The van der Waals surface area contributed by atoms with Crippen LogP contribution in [0.15, 0.2) is 30.6 Å². The third kappa shape index (κ3) is 5.05. The van der Waals surface area contributed by atoms with E-state index in [1.165, 1.54) is 6.20 Å². The van der Waals surface area contributed by atoms with E-state index in [4.69, 9.17) is 27.9 Å². The van der Waals surface area contributed by atoms with Crippen LogP contribution in [0.5, 0.6) is 0 Å². The second-order valence-corrected chi connectivity index (χ2v) is 7.18. The highest BCUT2D eigenvalue weighted by atomic mass is 35.5. The minimum absolute atomic E-state index is 0.0638. The van der Waals surface area contributed by atoms with Gasteiger partial charge in [-0.05, 0) is 25.0 Å². The molecule has 10 heteroatoms. The number of nitrogens with zero attached hydrogens (tertiary/aromatic N) is 3. The zero-order valence-electron chi connectivity index (χ0n) is 14.5. The van der Waals surface area contributed by atoms with Crippen molar-refractivity contribution in [1.29, 1.82) is 0 Å². The average molecular weight is 434 g/mol. The Labute approximate surface area is 169 Å². The molecule has 0 saturated carbocycles. The number of pyridine rings is 2. The van der Waals surface area contributed by atoms with Crippen LogP contribution in [0.1, 0.15) is 24.0 Å². The van der Waals surface area contributed by atoms with Gasteiger partial charge in [0, 0.05) is 31.0 Å². The normalized spacial score (nSPS) is 15.5. The van der Waals surface area contributed by atoms with Gasteiger partial charge in [0.1, 0.15) is 17.6 Å². The van der Waals surface area contributed by atoms with Gasteiger partial charge in [0.2, 0.25) is 0 Å². The molecule has 2 aromatic heterocycles. The number of carbonyl (C=O) groups excluding carboxylic acids is 1. The number of carbonyl (C=O) groups is 1. The molecule has 0 bridgehead atoms. The maximum Gasteiger partial charge on any atom is 0.417 e. The molecule has 2 aromatic rings. The van der Waals surface area contributed by atoms with Gasteiger partial charge in [-0.1, -0.05) is 29.3 Å². The summed E-state index contributed by atoms with van der Waals surface area (Å²) >= 11 is 11.7. The molecular formula is C18H16Cl2F3N3O2. The number of anilines is 1. The van der Waals surface area contributed by atoms with Crippen LogP contribution in [-0.2, 0) is 22.3 Å². The van der Waals surface area contributed by atoms with Gasteiger partial charge >= 0.3 is 12.1 Å². The van der Waals surface area contributed by atoms with Crippen LogP contribution in [0.2, 0.25) is 10.2 Å². The Morgan fingerprint density at radius 3 is 2.46 bits per heavy atom. The molecule has 0 N–H and O–H groups in total. The van der Waals surface area contributed by atoms with Crippen molar-refractivity contribution in [3.63, 3.8) is 0 Å². The van der Waals surface area contributed by atoms with Crippen molar-refractivity contribution in [3.05, 3.63) is 51.9 Å². The number of piperidine rings is 1. The van der Waals surface area contributed by atoms with Crippen molar-refractivity contribution in [2.45, 2.75) is 25.6 Å². The van der Waals surface area contributed by atoms with Gasteiger partial charge in [-0.25, -0.2) is 9.97 Å². The van der Waals surface area contributed by atoms with Crippen molar-refractivity contribution in [1.82, 2.24) is 9.97 Å². The van der Waals surface area contributed by atoms with E-state index in [2.05, 4.69) is 9.97 Å². The monoisotopic (exact) mass is 433 g/mol. The van der Waals surface area contributed by atoms with Crippen molar-refractivity contribution < 1.29 is 22.7 Å². The van der Waals surface area contributed by atoms with E-state index in [0.717, 1.165) is 17.8 Å². The lowest BCUT2D eigenvalue weighted by Crippen LogP contribution is -2.37. The number of ether oxygens (including phenoxy) is 1. The zero-order valence-corrected chi connectivity index (χ0v) is 16.1. The van der Waals surface area contributed by atoms with E-state index >= 15 is 0 Å². The molecule has 0 amide bonds. The zero-order chi connectivity index (χ0) is 20.3. The predicted molar refractivity (Wildman–Crippen MR) is 98.2 cm³/mol. The highest BCUT2D eigenvalue weighted by molar-refractivity contribution is 6.33. The third-order valence-electron chi connectivity index (χ3n) is 4.45. The molecule has 0 aromatic carbocycles. The summed E-state index contributed by atoms with van der Waals surface area (Å²) in [5.74, 6) is -0.320. The number of rotatable bonds is 4. The lowest BCUT2D eigenvalue weighted by atomic mass is 9.97. The SMILES string of the molecule is O=C(OCc1ccc(Cl)nc1)C1CCN(c2ncc(C(F)(F)F)cc2Cl)CC1. The molecule has 0 radical (unpaired) electrons. The Hall–Kier alpha value is -2.06. The van der Waals surface area contributed by atoms with Crippen LogP contribution in [0.4, 0.5) is 19.0 Å². The molecule has 1 saturated heterocycles. The fourth-order valence-corrected chi connectivity index (χ4v) is 3.31. The number of hydrogen-bond acceptors (Lipinski definition) is 5. The molecule has 5 nitrogen and oxygen atoms in total. The fourth-order valence-electron chi connectivity index (χ4n) is 2.91. The van der Waals surface area contributed by atoms with Gasteiger partial charge in [0.25, 0.3) is 0 Å². The number of alkyl halides is 3. The summed E-state index contributed by atoms with van der Waals surface area (Å²) in [7, 11) is 0. The molecule has 3 rings (SSSR count). The predicted octanol–water partition coefficient (Wildman–Crippen LogP) is 4.76. The van der Waals surface area contributed by atoms with Gasteiger partial charge < -0.3 is 9.64 Å². The van der Waals surface area contributed by atoms with Crippen LogP contribution >= 0.6 is 23.2 Å². The summed E-state index contributed by atoms with van der Waals surface area (Å²) in [6.45, 7) is 0.996. The second-order valence-electron chi connectivity index (χ2n) is 6.39. The Kier molecular flexibility index (Phi) is 6.30. The highest BCUT2D eigenvalue weighted by Gasteiger charge is 2.33. The molecule has 0 unspecified atom stereocenters. The topological polar surface area (TPSA) is 55.3 Å². The van der Waals surface area contributed by atoms with Crippen molar-refractivity contribution in [2.24, 2.45) is 5.92 Å². The molecule has 0 spiro atoms. The minimum Gasteiger partial charge on any atom is -0.461 e. The van der Waals surface area contributed by atoms with Crippen LogP contribution in [0, 0.1) is 5.92 Å². The first kappa shape index (κ1) is 20.7. The summed E-state index contributed by atoms with van der Waals surface area (Å²) in [5.41, 5.74) is -0.160.